The van der Waals surface area contributed by atoms with Crippen molar-refractivity contribution in [3.63, 3.8) is 0 Å². The second-order valence-corrected chi connectivity index (χ2v) is 6.42. The Morgan fingerprint density at radius 2 is 2.30 bits per heavy atom. The predicted molar refractivity (Wildman–Crippen MR) is 88.8 cm³/mol. The van der Waals surface area contributed by atoms with Crippen LogP contribution in [0.25, 0.3) is 11.1 Å². The van der Waals surface area contributed by atoms with Crippen molar-refractivity contribution in [2.45, 2.75) is 26.4 Å². The first-order valence-corrected chi connectivity index (χ1v) is 8.25. The summed E-state index contributed by atoms with van der Waals surface area (Å²) in [6, 6.07) is 4.97. The normalized spacial score (nSPS) is 11.0. The number of thiazole rings is 1. The second-order valence-electron chi connectivity index (χ2n) is 5.04. The third-order valence-corrected chi connectivity index (χ3v) is 4.50. The summed E-state index contributed by atoms with van der Waals surface area (Å²) in [6.07, 6.45) is 0.182. The fourth-order valence-electron chi connectivity index (χ4n) is 2.21. The number of rotatable bonds is 5. The van der Waals surface area contributed by atoms with E-state index in [0.29, 0.717) is 22.7 Å². The number of hydrogen-bond donors (Lipinski definition) is 1. The van der Waals surface area contributed by atoms with Crippen LogP contribution in [0.3, 0.4) is 0 Å². The minimum atomic E-state index is -0.495. The molecule has 0 aliphatic heterocycles. The zero-order chi connectivity index (χ0) is 16.4. The van der Waals surface area contributed by atoms with Crippen molar-refractivity contribution in [1.29, 1.82) is 0 Å². The van der Waals surface area contributed by atoms with Gasteiger partial charge < -0.3 is 9.73 Å². The van der Waals surface area contributed by atoms with E-state index in [1.807, 2.05) is 12.3 Å². The quantitative estimate of drug-likeness (QED) is 0.766. The molecule has 0 fully saturated rings. The lowest BCUT2D eigenvalue weighted by Crippen LogP contribution is -2.25. The standard InChI is InChI=1S/C15H14ClN3O3S/c1-9-8-23-14(18-9)7-17-13(20)4-5-19-11-3-2-10(16)6-12(11)22-15(19)21/h2-3,6,8H,4-5,7H2,1H3,(H,17,20). The van der Waals surface area contributed by atoms with E-state index in [9.17, 15) is 9.59 Å². The largest absolute Gasteiger partial charge is 0.419 e. The number of carbonyl (C=O) groups is 1. The maximum atomic E-state index is 11.9. The summed E-state index contributed by atoms with van der Waals surface area (Å²) >= 11 is 7.37. The molecule has 0 saturated heterocycles. The highest BCUT2D eigenvalue weighted by Gasteiger charge is 2.11. The van der Waals surface area contributed by atoms with Crippen LogP contribution in [-0.4, -0.2) is 15.5 Å². The molecule has 23 heavy (non-hydrogen) atoms. The minimum Gasteiger partial charge on any atom is -0.408 e. The lowest BCUT2D eigenvalue weighted by molar-refractivity contribution is -0.121. The van der Waals surface area contributed by atoms with Crippen LogP contribution < -0.4 is 11.1 Å². The Morgan fingerprint density at radius 1 is 1.48 bits per heavy atom. The van der Waals surface area contributed by atoms with Crippen LogP contribution in [-0.2, 0) is 17.9 Å². The van der Waals surface area contributed by atoms with Gasteiger partial charge in [0.1, 0.15) is 5.01 Å². The van der Waals surface area contributed by atoms with Crippen molar-refractivity contribution >= 4 is 39.9 Å². The predicted octanol–water partition coefficient (Wildman–Crippen LogP) is 2.72. The van der Waals surface area contributed by atoms with Gasteiger partial charge >= 0.3 is 5.76 Å². The van der Waals surface area contributed by atoms with Crippen molar-refractivity contribution in [3.8, 4) is 0 Å². The summed E-state index contributed by atoms with van der Waals surface area (Å²) in [5.41, 5.74) is 1.98. The molecule has 0 saturated carbocycles. The van der Waals surface area contributed by atoms with Crippen LogP contribution >= 0.6 is 22.9 Å². The minimum absolute atomic E-state index is 0.145. The Bertz CT molecular complexity index is 912. The lowest BCUT2D eigenvalue weighted by atomic mass is 10.3. The zero-order valence-corrected chi connectivity index (χ0v) is 13.9. The van der Waals surface area contributed by atoms with Crippen LogP contribution in [0.5, 0.6) is 0 Å². The number of nitrogens with one attached hydrogen (secondary N) is 1. The van der Waals surface area contributed by atoms with Crippen molar-refractivity contribution in [3.05, 3.63) is 49.9 Å². The molecule has 1 aromatic carbocycles. The van der Waals surface area contributed by atoms with Gasteiger partial charge in [-0.1, -0.05) is 11.6 Å². The number of fused-ring (bicyclic) bond motifs is 1. The molecule has 2 aromatic heterocycles. The molecule has 0 atom stereocenters. The van der Waals surface area contributed by atoms with Gasteiger partial charge in [0.15, 0.2) is 5.58 Å². The zero-order valence-electron chi connectivity index (χ0n) is 12.3. The molecule has 0 spiro atoms. The van der Waals surface area contributed by atoms with E-state index in [4.69, 9.17) is 16.0 Å². The number of oxazole rings is 1. The summed E-state index contributed by atoms with van der Waals surface area (Å²) in [4.78, 5) is 28.1. The first-order valence-electron chi connectivity index (χ1n) is 6.99. The SMILES string of the molecule is Cc1csc(CNC(=O)CCn2c(=O)oc3cc(Cl)ccc32)n1. The Hall–Kier alpha value is -2.12. The van der Waals surface area contributed by atoms with Crippen molar-refractivity contribution in [2.75, 3.05) is 0 Å². The average molecular weight is 352 g/mol. The van der Waals surface area contributed by atoms with E-state index >= 15 is 0 Å². The Kier molecular flexibility index (Phi) is 4.49. The molecule has 3 aromatic rings. The van der Waals surface area contributed by atoms with E-state index in [1.165, 1.54) is 15.9 Å². The summed E-state index contributed by atoms with van der Waals surface area (Å²) < 4.78 is 6.56. The van der Waals surface area contributed by atoms with E-state index < -0.39 is 5.76 Å². The van der Waals surface area contributed by atoms with Gasteiger partial charge in [-0.3, -0.25) is 9.36 Å². The summed E-state index contributed by atoms with van der Waals surface area (Å²) in [6.45, 7) is 2.55. The van der Waals surface area contributed by atoms with Crippen LogP contribution in [0, 0.1) is 6.92 Å². The third kappa shape index (κ3) is 3.62. The number of aromatic nitrogens is 2. The van der Waals surface area contributed by atoms with Crippen LogP contribution in [0.2, 0.25) is 5.02 Å². The molecule has 0 aliphatic rings. The van der Waals surface area contributed by atoms with E-state index in [1.54, 1.807) is 18.2 Å². The molecule has 2 heterocycles. The Labute approximate surface area is 140 Å². The maximum absolute atomic E-state index is 11.9. The van der Waals surface area contributed by atoms with Crippen LogP contribution in [0.4, 0.5) is 0 Å². The topological polar surface area (TPSA) is 77.1 Å². The van der Waals surface area contributed by atoms with Gasteiger partial charge in [-0.2, -0.15) is 0 Å². The number of halogens is 1. The fraction of sp³-hybridized carbons (Fsp3) is 0.267. The molecule has 0 bridgehead atoms. The van der Waals surface area contributed by atoms with Gasteiger partial charge in [-0.25, -0.2) is 9.78 Å². The molecule has 0 unspecified atom stereocenters. The van der Waals surface area contributed by atoms with E-state index in [-0.39, 0.29) is 18.9 Å². The van der Waals surface area contributed by atoms with Gasteiger partial charge in [0.2, 0.25) is 5.91 Å². The third-order valence-electron chi connectivity index (χ3n) is 3.30. The summed E-state index contributed by atoms with van der Waals surface area (Å²) in [5, 5.41) is 6.08. The molecule has 0 aliphatic carbocycles. The number of amides is 1. The van der Waals surface area contributed by atoms with Crippen molar-refractivity contribution < 1.29 is 9.21 Å². The molecule has 8 heteroatoms. The summed E-state index contributed by atoms with van der Waals surface area (Å²) in [5.74, 6) is -0.640. The molecule has 0 radical (unpaired) electrons. The average Bonchev–Trinajstić information content (AvgIpc) is 3.05. The highest BCUT2D eigenvalue weighted by atomic mass is 35.5. The van der Waals surface area contributed by atoms with Gasteiger partial charge in [-0.05, 0) is 19.1 Å². The smallest absolute Gasteiger partial charge is 0.408 e. The molecule has 1 amide bonds. The maximum Gasteiger partial charge on any atom is 0.419 e. The second kappa shape index (κ2) is 6.55. The van der Waals surface area contributed by atoms with Crippen molar-refractivity contribution in [2.24, 2.45) is 0 Å². The highest BCUT2D eigenvalue weighted by molar-refractivity contribution is 7.09. The van der Waals surface area contributed by atoms with Gasteiger partial charge in [-0.15, -0.1) is 11.3 Å². The summed E-state index contributed by atoms with van der Waals surface area (Å²) in [7, 11) is 0. The van der Waals surface area contributed by atoms with E-state index in [0.717, 1.165) is 10.7 Å². The number of hydrogen-bond acceptors (Lipinski definition) is 5. The van der Waals surface area contributed by atoms with Crippen LogP contribution in [0.15, 0.2) is 32.8 Å². The van der Waals surface area contributed by atoms with E-state index in [2.05, 4.69) is 10.3 Å². The first-order chi connectivity index (χ1) is 11.0. The molecule has 3 rings (SSSR count). The van der Waals surface area contributed by atoms with Gasteiger partial charge in [0.05, 0.1) is 12.1 Å². The molecular formula is C15H14ClN3O3S. The monoisotopic (exact) mass is 351 g/mol. The van der Waals surface area contributed by atoms with Gasteiger partial charge in [0, 0.05) is 35.1 Å². The molecule has 1 N–H and O–H groups in total. The lowest BCUT2D eigenvalue weighted by Gasteiger charge is -2.04. The number of aryl methyl sites for hydroxylation is 2. The Balaban J connectivity index is 1.63. The fourth-order valence-corrected chi connectivity index (χ4v) is 3.09. The first kappa shape index (κ1) is 15.8. The highest BCUT2D eigenvalue weighted by Crippen LogP contribution is 2.18. The van der Waals surface area contributed by atoms with Crippen LogP contribution in [0.1, 0.15) is 17.1 Å². The number of nitrogens with zero attached hydrogens (tertiary/aromatic N) is 2. The number of carbonyl (C=O) groups excluding carboxylic acids is 1. The molecule has 120 valence electrons. The Morgan fingerprint density at radius 3 is 3.04 bits per heavy atom. The van der Waals surface area contributed by atoms with Gasteiger partial charge in [0.25, 0.3) is 0 Å². The van der Waals surface area contributed by atoms with Crippen molar-refractivity contribution in [1.82, 2.24) is 14.9 Å². The molecule has 6 nitrogen and oxygen atoms in total. The molecular weight excluding hydrogens is 338 g/mol. The number of benzene rings is 1.